The van der Waals surface area contributed by atoms with E-state index < -0.39 is 34.5 Å². The second kappa shape index (κ2) is 24.9. The van der Waals surface area contributed by atoms with Crippen LogP contribution in [0.3, 0.4) is 0 Å². The maximum atomic E-state index is 14.9. The van der Waals surface area contributed by atoms with Crippen LogP contribution < -0.4 is 15.1 Å². The van der Waals surface area contributed by atoms with Crippen LogP contribution in [0.1, 0.15) is 84.1 Å². The van der Waals surface area contributed by atoms with E-state index >= 15 is 0 Å². The third-order valence-electron chi connectivity index (χ3n) is 10.9. The van der Waals surface area contributed by atoms with Gasteiger partial charge in [-0.05, 0) is 132 Å². The van der Waals surface area contributed by atoms with Gasteiger partial charge in [0.15, 0.2) is 16.7 Å². The number of halogens is 4. The number of ether oxygens (including phenoxy) is 1. The smallest absolute Gasteiger partial charge is 0.419 e. The second-order valence-corrected chi connectivity index (χ2v) is 19.6. The van der Waals surface area contributed by atoms with E-state index in [1.54, 1.807) is 37.3 Å². The first kappa shape index (κ1) is 56.6. The Labute approximate surface area is 444 Å². The van der Waals surface area contributed by atoms with Gasteiger partial charge in [0.05, 0.1) is 34.0 Å². The molecule has 1 saturated heterocycles. The van der Waals surface area contributed by atoms with Crippen LogP contribution in [0.4, 0.5) is 47.7 Å². The van der Waals surface area contributed by atoms with Crippen molar-refractivity contribution in [1.82, 2.24) is 19.5 Å². The van der Waals surface area contributed by atoms with Crippen molar-refractivity contribution in [2.75, 3.05) is 15.1 Å². The maximum absolute atomic E-state index is 14.9. The summed E-state index contributed by atoms with van der Waals surface area (Å²) < 4.78 is 35.0. The summed E-state index contributed by atoms with van der Waals surface area (Å²) in [5, 5.41) is 4.81. The highest BCUT2D eigenvalue weighted by molar-refractivity contribution is 7.81. The average molecular weight is 1060 g/mol. The van der Waals surface area contributed by atoms with E-state index in [-0.39, 0.29) is 43.8 Å². The number of nitrogens with zero attached hydrogens (tertiary/aromatic N) is 9. The molecule has 6 aromatic rings. The average Bonchev–Trinajstić information content (AvgIpc) is 4.09. The third kappa shape index (κ3) is 14.6. The number of isothiocyanates is 1. The summed E-state index contributed by atoms with van der Waals surface area (Å²) in [7, 11) is 0. The Hall–Kier alpha value is -7.36. The van der Waals surface area contributed by atoms with E-state index in [4.69, 9.17) is 59.9 Å². The van der Waals surface area contributed by atoms with Gasteiger partial charge in [0, 0.05) is 62.9 Å². The van der Waals surface area contributed by atoms with Gasteiger partial charge in [0.25, 0.3) is 11.6 Å². The third-order valence-corrected chi connectivity index (χ3v) is 12.1. The number of hydrogen-bond donors (Lipinski definition) is 2. The SMILES string of the molecule is [C-]#[N+]C(C)(C)Nc1ccc(CCCc2nccn2C(=O)OC(C)(C)C)cc1.[C-]#[N+]c1ccc(N2C(=O)C(C)(C)N(c3ccc(CCCc4ncc[nH]4)cc3)C2=S)c(F)c1Cl.[C-]#[N+]c1ccc(N=C=S)c(F)c1Cl. The Morgan fingerprint density at radius 1 is 0.849 bits per heavy atom. The number of aryl methyl sites for hydroxylation is 4. The van der Waals surface area contributed by atoms with Crippen LogP contribution in [-0.2, 0) is 35.2 Å². The molecule has 1 aliphatic heterocycles. The molecule has 2 aromatic heterocycles. The van der Waals surface area contributed by atoms with Crippen molar-refractivity contribution in [3.8, 4) is 0 Å². The Morgan fingerprint density at radius 2 is 1.44 bits per heavy atom. The van der Waals surface area contributed by atoms with Crippen molar-refractivity contribution < 1.29 is 23.1 Å². The molecule has 7 rings (SSSR count). The van der Waals surface area contributed by atoms with Gasteiger partial charge in [-0.25, -0.2) is 44.4 Å². The maximum Gasteiger partial charge on any atom is 0.419 e. The van der Waals surface area contributed by atoms with Crippen LogP contribution in [0.25, 0.3) is 14.5 Å². The molecule has 0 spiro atoms. The highest BCUT2D eigenvalue weighted by Gasteiger charge is 2.51. The molecular weight excluding hydrogens is 1010 g/mol. The van der Waals surface area contributed by atoms with Crippen molar-refractivity contribution in [3.05, 3.63) is 176 Å². The molecule has 2 N–H and O–H groups in total. The summed E-state index contributed by atoms with van der Waals surface area (Å²) in [5.74, 6) is -0.286. The molecule has 0 atom stereocenters. The van der Waals surface area contributed by atoms with Gasteiger partial charge in [0.1, 0.15) is 28.5 Å². The molecule has 0 aliphatic carbocycles. The highest BCUT2D eigenvalue weighted by Crippen LogP contribution is 2.41. The first-order valence-corrected chi connectivity index (χ1v) is 24.2. The predicted octanol–water partition coefficient (Wildman–Crippen LogP) is 14.5. The molecule has 0 radical (unpaired) electrons. The number of nitrogens with one attached hydrogen (secondary N) is 2. The number of benzene rings is 4. The molecule has 1 fully saturated rings. The Bertz CT molecular complexity index is 3130. The summed E-state index contributed by atoms with van der Waals surface area (Å²) >= 11 is 21.4. The van der Waals surface area contributed by atoms with Crippen LogP contribution in [0.5, 0.6) is 0 Å². The topological polar surface area (TPSA) is 134 Å². The number of imidazole rings is 2. The highest BCUT2D eigenvalue weighted by atomic mass is 35.5. The van der Waals surface area contributed by atoms with Gasteiger partial charge in [-0.15, -0.1) is 0 Å². The van der Waals surface area contributed by atoms with Crippen LogP contribution in [-0.4, -0.2) is 58.6 Å². The minimum absolute atomic E-state index is 0.00704. The number of thiocarbonyl (C=S) groups is 2. The summed E-state index contributed by atoms with van der Waals surface area (Å²) in [4.78, 5) is 53.2. The number of anilines is 3. The molecule has 73 heavy (non-hydrogen) atoms. The lowest BCUT2D eigenvalue weighted by Crippen LogP contribution is -2.44. The minimum atomic E-state index is -1.03. The number of carbonyl (C=O) groups is 2. The van der Waals surface area contributed by atoms with E-state index in [9.17, 15) is 18.4 Å². The minimum Gasteiger partial charge on any atom is -0.443 e. The predicted molar refractivity (Wildman–Crippen MR) is 290 cm³/mol. The van der Waals surface area contributed by atoms with E-state index in [2.05, 4.69) is 64.1 Å². The fourth-order valence-corrected chi connectivity index (χ4v) is 8.29. The van der Waals surface area contributed by atoms with Gasteiger partial charge in [-0.3, -0.25) is 14.5 Å². The van der Waals surface area contributed by atoms with Gasteiger partial charge in [0.2, 0.25) is 11.4 Å². The normalized spacial score (nSPS) is 12.8. The van der Waals surface area contributed by atoms with Gasteiger partial charge < -0.3 is 19.9 Å². The molecule has 0 unspecified atom stereocenters. The quantitative estimate of drug-likeness (QED) is 0.0659. The number of rotatable bonds is 13. The zero-order valence-corrected chi connectivity index (χ0v) is 44.2. The van der Waals surface area contributed by atoms with Crippen LogP contribution in [0.15, 0.2) is 103 Å². The van der Waals surface area contributed by atoms with E-state index in [1.165, 1.54) is 34.4 Å². The van der Waals surface area contributed by atoms with Gasteiger partial charge in [-0.2, -0.15) is 4.99 Å². The number of carbonyl (C=O) groups excluding carboxylic acids is 2. The van der Waals surface area contributed by atoms with Crippen LogP contribution >= 0.6 is 47.6 Å². The van der Waals surface area contributed by atoms with E-state index in [0.29, 0.717) is 12.2 Å². The van der Waals surface area contributed by atoms with Crippen molar-refractivity contribution in [2.45, 2.75) is 104 Å². The lowest BCUT2D eigenvalue weighted by molar-refractivity contribution is -0.120. The van der Waals surface area contributed by atoms with Crippen molar-refractivity contribution >= 4 is 104 Å². The zero-order chi connectivity index (χ0) is 53.7. The van der Waals surface area contributed by atoms with Gasteiger partial charge >= 0.3 is 6.09 Å². The van der Waals surface area contributed by atoms with Crippen molar-refractivity contribution in [2.24, 2.45) is 4.99 Å². The molecule has 376 valence electrons. The Morgan fingerprint density at radius 3 is 2.00 bits per heavy atom. The molecule has 14 nitrogen and oxygen atoms in total. The lowest BCUT2D eigenvalue weighted by atomic mass is 10.0. The van der Waals surface area contributed by atoms with Crippen molar-refractivity contribution in [1.29, 1.82) is 0 Å². The largest absolute Gasteiger partial charge is 0.443 e. The lowest BCUT2D eigenvalue weighted by Gasteiger charge is -2.29. The molecule has 3 heterocycles. The number of hydrogen-bond acceptors (Lipinski definition) is 9. The molecular formula is C53H51Cl2F2N11O3S2. The first-order chi connectivity index (χ1) is 34.5. The van der Waals surface area contributed by atoms with Gasteiger partial charge in [-0.1, -0.05) is 59.6 Å². The number of aliphatic imine (C=N–C) groups is 1. The van der Waals surface area contributed by atoms with Crippen LogP contribution in [0.2, 0.25) is 10.0 Å². The number of aromatic nitrogens is 4. The Kier molecular flexibility index (Phi) is 19.3. The summed E-state index contributed by atoms with van der Waals surface area (Å²) in [6, 6.07) is 21.4. The summed E-state index contributed by atoms with van der Waals surface area (Å²) in [6.45, 7) is 33.7. The van der Waals surface area contributed by atoms with Crippen LogP contribution in [0, 0.1) is 31.4 Å². The second-order valence-electron chi connectivity index (χ2n) is 18.3. The van der Waals surface area contributed by atoms with E-state index in [0.717, 1.165) is 59.8 Å². The Balaban J connectivity index is 0.000000221. The fraction of sp³-hybridized carbons (Fsp3) is 0.302. The monoisotopic (exact) mass is 1060 g/mol. The van der Waals surface area contributed by atoms with E-state index in [1.807, 2.05) is 82.4 Å². The number of H-pyrrole nitrogens is 1. The molecule has 0 bridgehead atoms. The molecule has 1 aliphatic rings. The number of amides is 1. The fourth-order valence-electron chi connectivity index (χ4n) is 7.27. The molecule has 4 aromatic carbocycles. The van der Waals surface area contributed by atoms with Crippen molar-refractivity contribution in [3.63, 3.8) is 0 Å². The molecule has 20 heteroatoms. The standard InChI is InChI=1S/C24H21ClFN5OS.C21H28N4O2.C8H2ClFN2S/c1-24(2)22(32)30(18-12-11-17(27-3)20(25)21(18)26)23(33)31(24)16-9-7-15(8-10-16)5-4-6-19-28-13-14-29-19;1-20(2,3)27-19(26)25-15-14-23-18(25)9-7-8-16-10-12-17(13-11-16)24-21(4,5)22-6;1-11-5-2-3-6(12-4-13)8(10)7(5)9/h7-14H,4-6H2,1-2H3,(H,28,29);10-15,24H,7-9H2,1-5H3;2-3H. The summed E-state index contributed by atoms with van der Waals surface area (Å²) in [5.41, 5.74) is 1.82. The molecule has 1 amide bonds. The zero-order valence-electron chi connectivity index (χ0n) is 41.1. The first-order valence-electron chi connectivity index (χ1n) is 22.6. The summed E-state index contributed by atoms with van der Waals surface area (Å²) in [6.07, 6.45) is 11.6. The number of aromatic amines is 1. The molecule has 0 saturated carbocycles.